The number of thioether (sulfide) groups is 1. The van der Waals surface area contributed by atoms with Crippen molar-refractivity contribution in [3.8, 4) is 0 Å². The van der Waals surface area contributed by atoms with Crippen LogP contribution in [0.1, 0.15) is 53.4 Å². The van der Waals surface area contributed by atoms with Crippen LogP contribution in [-0.2, 0) is 9.53 Å². The molecule has 0 aromatic heterocycles. The van der Waals surface area contributed by atoms with Crippen molar-refractivity contribution in [3.05, 3.63) is 0 Å². The smallest absolute Gasteiger partial charge is 0.325 e. The monoisotopic (exact) mass is 305 g/mol. The summed E-state index contributed by atoms with van der Waals surface area (Å²) in [6.07, 6.45) is 3.52. The van der Waals surface area contributed by atoms with Crippen LogP contribution in [0.3, 0.4) is 0 Å². The van der Waals surface area contributed by atoms with E-state index in [1.807, 2.05) is 20.8 Å². The van der Waals surface area contributed by atoms with E-state index >= 15 is 0 Å². The van der Waals surface area contributed by atoms with Crippen LogP contribution in [0.2, 0.25) is 0 Å². The van der Waals surface area contributed by atoms with Gasteiger partial charge < -0.3 is 15.2 Å². The standard InChI is InChI=1S/C15H31NO3S/c1-6-10-16-15(4,14(18)19-5)9-7-8-11-20-13(3)12(2)17/h12-13,16-17H,6-11H2,1-5H3. The fraction of sp³-hybridized carbons (Fsp3) is 0.933. The second-order valence-electron chi connectivity index (χ2n) is 5.52. The predicted molar refractivity (Wildman–Crippen MR) is 86.2 cm³/mol. The average Bonchev–Trinajstić information content (AvgIpc) is 2.43. The minimum absolute atomic E-state index is 0.184. The number of ether oxygens (including phenoxy) is 1. The summed E-state index contributed by atoms with van der Waals surface area (Å²) in [5, 5.41) is 13.0. The normalized spacial score (nSPS) is 17.3. The lowest BCUT2D eigenvalue weighted by molar-refractivity contribution is -0.148. The average molecular weight is 305 g/mol. The molecule has 0 aliphatic rings. The highest BCUT2D eigenvalue weighted by Crippen LogP contribution is 2.20. The Morgan fingerprint density at radius 2 is 2.05 bits per heavy atom. The van der Waals surface area contributed by atoms with Crippen molar-refractivity contribution in [1.82, 2.24) is 5.32 Å². The lowest BCUT2D eigenvalue weighted by Crippen LogP contribution is -2.50. The molecule has 3 atom stereocenters. The maximum Gasteiger partial charge on any atom is 0.325 e. The molecule has 0 saturated heterocycles. The van der Waals surface area contributed by atoms with Gasteiger partial charge in [-0.25, -0.2) is 0 Å². The third-order valence-electron chi connectivity index (χ3n) is 3.53. The molecule has 0 amide bonds. The maximum absolute atomic E-state index is 11.9. The van der Waals surface area contributed by atoms with E-state index in [0.717, 1.165) is 38.0 Å². The van der Waals surface area contributed by atoms with E-state index < -0.39 is 5.54 Å². The Labute approximate surface area is 128 Å². The summed E-state index contributed by atoms with van der Waals surface area (Å²) in [7, 11) is 1.44. The number of methoxy groups -OCH3 is 1. The van der Waals surface area contributed by atoms with Crippen LogP contribution >= 0.6 is 11.8 Å². The molecule has 0 bridgehead atoms. The zero-order chi connectivity index (χ0) is 15.6. The maximum atomic E-state index is 11.9. The van der Waals surface area contributed by atoms with E-state index in [2.05, 4.69) is 12.2 Å². The molecule has 0 rings (SSSR count). The first-order valence-corrected chi connectivity index (χ1v) is 8.55. The van der Waals surface area contributed by atoms with Crippen LogP contribution in [0.5, 0.6) is 0 Å². The van der Waals surface area contributed by atoms with E-state index in [-0.39, 0.29) is 17.3 Å². The molecular weight excluding hydrogens is 274 g/mol. The lowest BCUT2D eigenvalue weighted by atomic mass is 9.95. The minimum atomic E-state index is -0.578. The molecule has 3 unspecified atom stereocenters. The highest BCUT2D eigenvalue weighted by atomic mass is 32.2. The van der Waals surface area contributed by atoms with Gasteiger partial charge in [0, 0.05) is 5.25 Å². The molecule has 0 aliphatic heterocycles. The second kappa shape index (κ2) is 10.5. The number of esters is 1. The topological polar surface area (TPSA) is 58.6 Å². The lowest BCUT2D eigenvalue weighted by Gasteiger charge is -2.28. The molecule has 2 N–H and O–H groups in total. The number of carbonyl (C=O) groups is 1. The Hall–Kier alpha value is -0.260. The number of aliphatic hydroxyl groups is 1. The molecule has 0 aromatic carbocycles. The van der Waals surface area contributed by atoms with Crippen molar-refractivity contribution in [2.24, 2.45) is 0 Å². The highest BCUT2D eigenvalue weighted by molar-refractivity contribution is 7.99. The minimum Gasteiger partial charge on any atom is -0.468 e. The number of nitrogens with one attached hydrogen (secondary N) is 1. The van der Waals surface area contributed by atoms with Gasteiger partial charge in [0.1, 0.15) is 5.54 Å². The van der Waals surface area contributed by atoms with Gasteiger partial charge in [0.05, 0.1) is 13.2 Å². The van der Waals surface area contributed by atoms with Gasteiger partial charge in [0.2, 0.25) is 0 Å². The second-order valence-corrected chi connectivity index (χ2v) is 7.01. The van der Waals surface area contributed by atoms with Crippen molar-refractivity contribution < 1.29 is 14.6 Å². The Morgan fingerprint density at radius 3 is 2.55 bits per heavy atom. The Bertz CT molecular complexity index is 274. The van der Waals surface area contributed by atoms with Gasteiger partial charge in [-0.1, -0.05) is 20.3 Å². The molecule has 0 spiro atoms. The molecule has 0 radical (unpaired) electrons. The number of unbranched alkanes of at least 4 members (excludes halogenated alkanes) is 1. The third kappa shape index (κ3) is 7.50. The molecule has 0 fully saturated rings. The van der Waals surface area contributed by atoms with Crippen molar-refractivity contribution in [2.45, 2.75) is 70.3 Å². The van der Waals surface area contributed by atoms with Crippen LogP contribution in [0.4, 0.5) is 0 Å². The Balaban J connectivity index is 4.05. The van der Waals surface area contributed by atoms with Gasteiger partial charge in [-0.3, -0.25) is 4.79 Å². The predicted octanol–water partition coefficient (Wildman–Crippen LogP) is 2.59. The zero-order valence-corrected chi connectivity index (χ0v) is 14.4. The summed E-state index contributed by atoms with van der Waals surface area (Å²) in [4.78, 5) is 11.9. The number of hydrogen-bond donors (Lipinski definition) is 2. The van der Waals surface area contributed by atoms with Gasteiger partial charge in [0.25, 0.3) is 0 Å². The van der Waals surface area contributed by atoms with Crippen molar-refractivity contribution in [1.29, 1.82) is 0 Å². The van der Waals surface area contributed by atoms with Crippen molar-refractivity contribution in [3.63, 3.8) is 0 Å². The molecule has 0 aliphatic carbocycles. The van der Waals surface area contributed by atoms with Gasteiger partial charge in [-0.2, -0.15) is 11.8 Å². The summed E-state index contributed by atoms with van der Waals surface area (Å²) in [6.45, 7) is 8.68. The van der Waals surface area contributed by atoms with Crippen LogP contribution in [0.25, 0.3) is 0 Å². The summed E-state index contributed by atoms with van der Waals surface area (Å²) in [5.41, 5.74) is -0.578. The highest BCUT2D eigenvalue weighted by Gasteiger charge is 2.32. The molecule has 20 heavy (non-hydrogen) atoms. The van der Waals surface area contributed by atoms with E-state index in [9.17, 15) is 9.90 Å². The van der Waals surface area contributed by atoms with Crippen LogP contribution in [-0.4, -0.2) is 47.4 Å². The summed E-state index contributed by atoms with van der Waals surface area (Å²) in [5.74, 6) is 0.827. The Morgan fingerprint density at radius 1 is 1.40 bits per heavy atom. The molecule has 0 heterocycles. The van der Waals surface area contributed by atoms with Gasteiger partial charge in [-0.15, -0.1) is 0 Å². The third-order valence-corrected chi connectivity index (χ3v) is 4.98. The first-order chi connectivity index (χ1) is 9.37. The summed E-state index contributed by atoms with van der Waals surface area (Å²) in [6, 6.07) is 0. The molecular formula is C15H31NO3S. The number of hydrogen-bond acceptors (Lipinski definition) is 5. The van der Waals surface area contributed by atoms with E-state index in [1.165, 1.54) is 7.11 Å². The fourth-order valence-electron chi connectivity index (χ4n) is 1.88. The SMILES string of the molecule is CCCNC(C)(CCCCSC(C)C(C)O)C(=O)OC. The fourth-order valence-corrected chi connectivity index (χ4v) is 2.90. The largest absolute Gasteiger partial charge is 0.468 e. The van der Waals surface area contributed by atoms with E-state index in [1.54, 1.807) is 11.8 Å². The molecule has 4 nitrogen and oxygen atoms in total. The van der Waals surface area contributed by atoms with Crippen molar-refractivity contribution in [2.75, 3.05) is 19.4 Å². The molecule has 120 valence electrons. The van der Waals surface area contributed by atoms with Gasteiger partial charge in [-0.05, 0) is 45.4 Å². The van der Waals surface area contributed by atoms with Crippen molar-refractivity contribution >= 4 is 17.7 Å². The number of carbonyl (C=O) groups excluding carboxylic acids is 1. The summed E-state index contributed by atoms with van der Waals surface area (Å²) < 4.78 is 4.90. The van der Waals surface area contributed by atoms with Crippen LogP contribution in [0, 0.1) is 0 Å². The first-order valence-electron chi connectivity index (χ1n) is 7.50. The Kier molecular flexibility index (Phi) is 10.3. The summed E-state index contributed by atoms with van der Waals surface area (Å²) >= 11 is 1.78. The van der Waals surface area contributed by atoms with Crippen LogP contribution in [0.15, 0.2) is 0 Å². The zero-order valence-electron chi connectivity index (χ0n) is 13.6. The first kappa shape index (κ1) is 19.7. The molecule has 5 heteroatoms. The molecule has 0 aromatic rings. The van der Waals surface area contributed by atoms with Gasteiger partial charge >= 0.3 is 5.97 Å². The number of aliphatic hydroxyl groups excluding tert-OH is 1. The van der Waals surface area contributed by atoms with Gasteiger partial charge in [0.15, 0.2) is 0 Å². The van der Waals surface area contributed by atoms with E-state index in [0.29, 0.717) is 0 Å². The molecule has 0 saturated carbocycles. The number of rotatable bonds is 11. The van der Waals surface area contributed by atoms with E-state index in [4.69, 9.17) is 4.74 Å². The quantitative estimate of drug-likeness (QED) is 0.454. The van der Waals surface area contributed by atoms with Crippen LogP contribution < -0.4 is 5.32 Å².